The Bertz CT molecular complexity index is 931. The van der Waals surface area contributed by atoms with Crippen molar-refractivity contribution in [2.45, 2.75) is 126 Å². The lowest BCUT2D eigenvalue weighted by atomic mass is 9.31. The molecule has 5 aliphatic rings. The van der Waals surface area contributed by atoms with E-state index >= 15 is 0 Å². The predicted octanol–water partition coefficient (Wildman–Crippen LogP) is 7.62. The lowest BCUT2D eigenvalue weighted by Gasteiger charge is -2.73. The fourth-order valence-corrected chi connectivity index (χ4v) is 11.5. The molecule has 192 valence electrons. The predicted molar refractivity (Wildman–Crippen MR) is 137 cm³/mol. The number of hydrogen-bond donors (Lipinski definition) is 2. The summed E-state index contributed by atoms with van der Waals surface area (Å²) in [4.78, 5) is 13.0. The number of carboxylic acid groups (broad SMARTS) is 1. The van der Waals surface area contributed by atoms with Crippen LogP contribution in [-0.4, -0.2) is 22.3 Å². The molecule has 0 bridgehead atoms. The highest BCUT2D eigenvalue weighted by molar-refractivity contribution is 5.77. The van der Waals surface area contributed by atoms with Crippen LogP contribution in [0.15, 0.2) is 11.6 Å². The van der Waals surface area contributed by atoms with Gasteiger partial charge in [-0.15, -0.1) is 0 Å². The number of hydrogen-bond acceptors (Lipinski definition) is 2. The summed E-state index contributed by atoms with van der Waals surface area (Å²) in [7, 11) is 0. The minimum absolute atomic E-state index is 0.0381. The van der Waals surface area contributed by atoms with Crippen molar-refractivity contribution in [3.05, 3.63) is 11.6 Å². The molecule has 3 heteroatoms. The van der Waals surface area contributed by atoms with Crippen LogP contribution in [0.5, 0.6) is 0 Å². The molecule has 34 heavy (non-hydrogen) atoms. The fraction of sp³-hybridized carbons (Fsp3) is 0.903. The summed E-state index contributed by atoms with van der Waals surface area (Å²) in [5.41, 5.74) is 1.20. The Morgan fingerprint density at radius 1 is 0.824 bits per heavy atom. The molecular formula is C31H50O3. The first-order valence-electron chi connectivity index (χ1n) is 14.1. The summed E-state index contributed by atoms with van der Waals surface area (Å²) in [6.45, 7) is 19.3. The summed E-state index contributed by atoms with van der Waals surface area (Å²) in [5, 5.41) is 21.6. The van der Waals surface area contributed by atoms with E-state index in [1.54, 1.807) is 0 Å². The molecule has 0 amide bonds. The van der Waals surface area contributed by atoms with E-state index in [-0.39, 0.29) is 38.6 Å². The number of carbonyl (C=O) groups is 1. The Kier molecular flexibility index (Phi) is 5.06. The standard InChI is InChI=1S/C31H50O3/c1-25(2)15-17-31(24(33)34)18-16-29(7)22(30(31,8)19-25)10-9-21-27(5)13-12-23(32)26(3,4)20(27)11-14-28(21,29)6/h10,20-21,23,32H,9,11-19H2,1-8H3,(H,33,34)/t20-,21+,23-,27-,28+,29+,30-,31+/m0/s1. The van der Waals surface area contributed by atoms with Gasteiger partial charge in [0.1, 0.15) is 0 Å². The summed E-state index contributed by atoms with van der Waals surface area (Å²) in [6, 6.07) is 0. The highest BCUT2D eigenvalue weighted by Gasteiger charge is 2.72. The summed E-state index contributed by atoms with van der Waals surface area (Å²) >= 11 is 0. The zero-order chi connectivity index (χ0) is 25.2. The van der Waals surface area contributed by atoms with Gasteiger partial charge in [-0.05, 0) is 103 Å². The molecule has 0 saturated heterocycles. The summed E-state index contributed by atoms with van der Waals surface area (Å²) in [5.74, 6) is 0.586. The molecule has 4 fully saturated rings. The highest BCUT2D eigenvalue weighted by atomic mass is 16.4. The molecule has 0 radical (unpaired) electrons. The van der Waals surface area contributed by atoms with E-state index in [4.69, 9.17) is 0 Å². The molecule has 0 aromatic rings. The minimum Gasteiger partial charge on any atom is -0.481 e. The monoisotopic (exact) mass is 470 g/mol. The molecule has 5 aliphatic carbocycles. The van der Waals surface area contributed by atoms with E-state index < -0.39 is 11.4 Å². The van der Waals surface area contributed by atoms with Gasteiger partial charge in [-0.1, -0.05) is 67.0 Å². The van der Waals surface area contributed by atoms with Crippen LogP contribution >= 0.6 is 0 Å². The van der Waals surface area contributed by atoms with Gasteiger partial charge in [0, 0.05) is 5.41 Å². The second-order valence-corrected chi connectivity index (χ2v) is 15.7. The van der Waals surface area contributed by atoms with Crippen LogP contribution in [-0.2, 0) is 4.79 Å². The number of rotatable bonds is 1. The van der Waals surface area contributed by atoms with Gasteiger partial charge in [0.15, 0.2) is 0 Å². The van der Waals surface area contributed by atoms with Gasteiger partial charge in [0.25, 0.3) is 0 Å². The molecule has 2 N–H and O–H groups in total. The number of aliphatic hydroxyl groups is 1. The molecule has 0 heterocycles. The van der Waals surface area contributed by atoms with E-state index in [0.29, 0.717) is 11.8 Å². The fourth-order valence-electron chi connectivity index (χ4n) is 11.5. The molecule has 4 saturated carbocycles. The van der Waals surface area contributed by atoms with E-state index in [1.165, 1.54) is 18.4 Å². The normalized spacial score (nSPS) is 53.4. The number of allylic oxidation sites excluding steroid dienone is 2. The minimum atomic E-state index is -0.616. The van der Waals surface area contributed by atoms with Crippen LogP contribution in [0, 0.1) is 49.7 Å². The Balaban J connectivity index is 1.64. The average molecular weight is 471 g/mol. The SMILES string of the molecule is CC1(C)CC[C@]2(C(=O)O)CC[C@]3(C)C(=CC[C@@H]4[C@@]5(C)CC[C@H](O)C(C)(C)[C@@H]5CC[C@]43C)[C@]2(C)C1. The Morgan fingerprint density at radius 3 is 2.12 bits per heavy atom. The van der Waals surface area contributed by atoms with Gasteiger partial charge >= 0.3 is 5.97 Å². The van der Waals surface area contributed by atoms with Gasteiger partial charge < -0.3 is 10.2 Å². The van der Waals surface area contributed by atoms with E-state index in [2.05, 4.69) is 61.5 Å². The Hall–Kier alpha value is -0.830. The van der Waals surface area contributed by atoms with Crippen LogP contribution < -0.4 is 0 Å². The van der Waals surface area contributed by atoms with Crippen molar-refractivity contribution in [1.82, 2.24) is 0 Å². The van der Waals surface area contributed by atoms with Crippen LogP contribution in [0.3, 0.4) is 0 Å². The second-order valence-electron chi connectivity index (χ2n) is 15.7. The molecule has 0 aromatic carbocycles. The number of aliphatic carboxylic acids is 1. The van der Waals surface area contributed by atoms with Gasteiger partial charge in [-0.2, -0.15) is 0 Å². The Morgan fingerprint density at radius 2 is 1.47 bits per heavy atom. The lowest BCUT2D eigenvalue weighted by molar-refractivity contribution is -0.213. The van der Waals surface area contributed by atoms with Gasteiger partial charge in [0.2, 0.25) is 0 Å². The van der Waals surface area contributed by atoms with Crippen molar-refractivity contribution in [3.63, 3.8) is 0 Å². The van der Waals surface area contributed by atoms with Crippen LogP contribution in [0.2, 0.25) is 0 Å². The van der Waals surface area contributed by atoms with Crippen molar-refractivity contribution in [2.75, 3.05) is 0 Å². The molecule has 0 aliphatic heterocycles. The highest BCUT2D eigenvalue weighted by Crippen LogP contribution is 2.78. The first kappa shape index (κ1) is 24.8. The van der Waals surface area contributed by atoms with E-state index in [0.717, 1.165) is 51.4 Å². The van der Waals surface area contributed by atoms with Crippen molar-refractivity contribution in [2.24, 2.45) is 49.7 Å². The van der Waals surface area contributed by atoms with Crippen LogP contribution in [0.1, 0.15) is 120 Å². The third kappa shape index (κ3) is 2.72. The lowest BCUT2D eigenvalue weighted by Crippen LogP contribution is -2.67. The van der Waals surface area contributed by atoms with Crippen LogP contribution in [0.4, 0.5) is 0 Å². The summed E-state index contributed by atoms with van der Waals surface area (Å²) in [6.07, 6.45) is 12.5. The third-order valence-corrected chi connectivity index (χ3v) is 13.6. The second kappa shape index (κ2) is 6.93. The molecule has 5 rings (SSSR count). The maximum atomic E-state index is 13.0. The third-order valence-electron chi connectivity index (χ3n) is 13.6. The van der Waals surface area contributed by atoms with Crippen molar-refractivity contribution in [3.8, 4) is 0 Å². The zero-order valence-electron chi connectivity index (χ0n) is 23.2. The maximum absolute atomic E-state index is 13.0. The van der Waals surface area contributed by atoms with Crippen molar-refractivity contribution in [1.29, 1.82) is 0 Å². The van der Waals surface area contributed by atoms with Crippen LogP contribution in [0.25, 0.3) is 0 Å². The molecule has 8 atom stereocenters. The van der Waals surface area contributed by atoms with Crippen molar-refractivity contribution >= 4 is 5.97 Å². The van der Waals surface area contributed by atoms with E-state index in [9.17, 15) is 15.0 Å². The first-order valence-corrected chi connectivity index (χ1v) is 14.1. The molecule has 0 unspecified atom stereocenters. The number of carboxylic acids is 1. The van der Waals surface area contributed by atoms with Gasteiger partial charge in [-0.3, -0.25) is 4.79 Å². The van der Waals surface area contributed by atoms with Crippen molar-refractivity contribution < 1.29 is 15.0 Å². The molecule has 3 nitrogen and oxygen atoms in total. The summed E-state index contributed by atoms with van der Waals surface area (Å²) < 4.78 is 0. The first-order chi connectivity index (χ1) is 15.5. The van der Waals surface area contributed by atoms with Gasteiger partial charge in [0.05, 0.1) is 11.5 Å². The molecule has 0 aromatic heterocycles. The number of fused-ring (bicyclic) bond motifs is 7. The zero-order valence-corrected chi connectivity index (χ0v) is 23.2. The quantitative estimate of drug-likeness (QED) is 0.387. The van der Waals surface area contributed by atoms with E-state index in [1.807, 2.05) is 0 Å². The van der Waals surface area contributed by atoms with Gasteiger partial charge in [-0.25, -0.2) is 0 Å². The average Bonchev–Trinajstić information content (AvgIpc) is 2.70. The smallest absolute Gasteiger partial charge is 0.310 e. The Labute approximate surface area is 208 Å². The molecular weight excluding hydrogens is 420 g/mol. The maximum Gasteiger partial charge on any atom is 0.310 e. The number of aliphatic hydroxyl groups excluding tert-OH is 1. The largest absolute Gasteiger partial charge is 0.481 e. The topological polar surface area (TPSA) is 57.5 Å². The molecule has 0 spiro atoms.